The summed E-state index contributed by atoms with van der Waals surface area (Å²) in [5.41, 5.74) is -0.627. The highest BCUT2D eigenvalue weighted by Gasteiger charge is 2.46. The van der Waals surface area contributed by atoms with E-state index in [9.17, 15) is 19.8 Å². The van der Waals surface area contributed by atoms with E-state index in [1.165, 1.54) is 25.2 Å². The average molecular weight is 288 g/mol. The van der Waals surface area contributed by atoms with Gasteiger partial charge < -0.3 is 14.9 Å². The fourth-order valence-corrected chi connectivity index (χ4v) is 2.36. The molecule has 2 N–H and O–H groups in total. The van der Waals surface area contributed by atoms with Crippen molar-refractivity contribution in [2.45, 2.75) is 19.1 Å². The first-order valence-corrected chi connectivity index (χ1v) is 6.48. The van der Waals surface area contributed by atoms with Crippen LogP contribution in [-0.4, -0.2) is 27.8 Å². The van der Waals surface area contributed by atoms with Gasteiger partial charge in [-0.3, -0.25) is 4.79 Å². The summed E-state index contributed by atoms with van der Waals surface area (Å²) in [5.74, 6) is -3.34. The number of allylic oxidation sites excluding steroid dienone is 2. The molecule has 5 nitrogen and oxygen atoms in total. The summed E-state index contributed by atoms with van der Waals surface area (Å²) in [7, 11) is 0. The van der Waals surface area contributed by atoms with E-state index in [4.69, 9.17) is 4.74 Å². The molecule has 5 heteroatoms. The van der Waals surface area contributed by atoms with Gasteiger partial charge in [0.2, 0.25) is 0 Å². The van der Waals surface area contributed by atoms with Crippen LogP contribution in [0.1, 0.15) is 12.5 Å². The third kappa shape index (κ3) is 3.03. The maximum Gasteiger partial charge on any atom is 0.334 e. The Labute approximate surface area is 122 Å². The van der Waals surface area contributed by atoms with Gasteiger partial charge >= 0.3 is 11.9 Å². The van der Waals surface area contributed by atoms with Gasteiger partial charge in [0, 0.05) is 0 Å². The van der Waals surface area contributed by atoms with Crippen molar-refractivity contribution < 1.29 is 24.5 Å². The minimum absolute atomic E-state index is 0.0617. The van der Waals surface area contributed by atoms with Crippen LogP contribution in [0.2, 0.25) is 0 Å². The Hall–Kier alpha value is -2.40. The van der Waals surface area contributed by atoms with Crippen LogP contribution in [0.25, 0.3) is 0 Å². The summed E-state index contributed by atoms with van der Waals surface area (Å²) in [6.45, 7) is 1.64. The van der Waals surface area contributed by atoms with Crippen LogP contribution in [0, 0.1) is 5.92 Å². The van der Waals surface area contributed by atoms with Gasteiger partial charge in [-0.1, -0.05) is 42.5 Å². The maximum absolute atomic E-state index is 11.4. The number of ether oxygens (including phenoxy) is 1. The monoisotopic (exact) mass is 288 g/mol. The van der Waals surface area contributed by atoms with E-state index in [0.717, 1.165) is 5.56 Å². The SMILES string of the molecule is CC1(OCc2ccccc2)C(C(=O)O)=CC=CC1C(=O)O. The molecule has 110 valence electrons. The first kappa shape index (κ1) is 15.0. The normalized spacial score (nSPS) is 24.4. The molecular formula is C16H16O5. The van der Waals surface area contributed by atoms with Gasteiger partial charge in [-0.25, -0.2) is 4.79 Å². The van der Waals surface area contributed by atoms with Crippen molar-refractivity contribution in [3.05, 3.63) is 59.7 Å². The molecule has 0 radical (unpaired) electrons. The topological polar surface area (TPSA) is 83.8 Å². The molecule has 0 bridgehead atoms. The number of hydrogen-bond donors (Lipinski definition) is 2. The van der Waals surface area contributed by atoms with Crippen LogP contribution in [0.4, 0.5) is 0 Å². The van der Waals surface area contributed by atoms with E-state index >= 15 is 0 Å². The summed E-state index contributed by atoms with van der Waals surface area (Å²) in [5, 5.41) is 18.6. The number of carbonyl (C=O) groups is 2. The third-order valence-corrected chi connectivity index (χ3v) is 3.57. The summed E-state index contributed by atoms with van der Waals surface area (Å²) in [4.78, 5) is 22.8. The quantitative estimate of drug-likeness (QED) is 0.868. The summed E-state index contributed by atoms with van der Waals surface area (Å²) >= 11 is 0. The zero-order valence-corrected chi connectivity index (χ0v) is 11.5. The van der Waals surface area contributed by atoms with E-state index in [0.29, 0.717) is 0 Å². The lowest BCUT2D eigenvalue weighted by Gasteiger charge is -2.36. The highest BCUT2D eigenvalue weighted by Crippen LogP contribution is 2.35. The van der Waals surface area contributed by atoms with E-state index in [1.807, 2.05) is 30.3 Å². The Morgan fingerprint density at radius 3 is 2.48 bits per heavy atom. The van der Waals surface area contributed by atoms with Gasteiger partial charge in [-0.05, 0) is 18.6 Å². The smallest absolute Gasteiger partial charge is 0.334 e. The lowest BCUT2D eigenvalue weighted by molar-refractivity contribution is -0.152. The minimum atomic E-state index is -1.41. The average Bonchev–Trinajstić information content (AvgIpc) is 2.46. The Bertz CT molecular complexity index is 602. The molecule has 2 atom stereocenters. The van der Waals surface area contributed by atoms with Crippen LogP contribution >= 0.6 is 0 Å². The standard InChI is InChI=1S/C16H16O5/c1-16(21-10-11-6-3-2-4-7-11)12(14(17)18)8-5-9-13(16)15(19)20/h2-9,12H,10H2,1H3,(H,17,18)(H,19,20). The van der Waals surface area contributed by atoms with E-state index < -0.39 is 23.5 Å². The fourth-order valence-electron chi connectivity index (χ4n) is 2.36. The Morgan fingerprint density at radius 1 is 1.24 bits per heavy atom. The molecule has 1 aliphatic carbocycles. The van der Waals surface area contributed by atoms with Crippen molar-refractivity contribution >= 4 is 11.9 Å². The molecule has 0 aromatic heterocycles. The molecule has 2 unspecified atom stereocenters. The van der Waals surface area contributed by atoms with Gasteiger partial charge in [0.05, 0.1) is 12.2 Å². The molecule has 0 amide bonds. The number of carboxylic acids is 2. The van der Waals surface area contributed by atoms with E-state index in [2.05, 4.69) is 0 Å². The van der Waals surface area contributed by atoms with Gasteiger partial charge in [-0.2, -0.15) is 0 Å². The zero-order chi connectivity index (χ0) is 15.5. The molecule has 0 saturated carbocycles. The highest BCUT2D eigenvalue weighted by atomic mass is 16.5. The maximum atomic E-state index is 11.4. The second-order valence-electron chi connectivity index (χ2n) is 4.97. The van der Waals surface area contributed by atoms with Gasteiger partial charge in [0.25, 0.3) is 0 Å². The first-order valence-electron chi connectivity index (χ1n) is 6.48. The number of rotatable bonds is 5. The first-order chi connectivity index (χ1) is 9.95. The van der Waals surface area contributed by atoms with Crippen molar-refractivity contribution in [2.24, 2.45) is 5.92 Å². The van der Waals surface area contributed by atoms with Crippen LogP contribution in [0.15, 0.2) is 54.1 Å². The molecule has 1 aromatic rings. The molecule has 0 fully saturated rings. The molecule has 0 heterocycles. The van der Waals surface area contributed by atoms with Crippen LogP contribution < -0.4 is 0 Å². The summed E-state index contributed by atoms with van der Waals surface area (Å²) in [6, 6.07) is 9.20. The number of aliphatic carboxylic acids is 2. The van der Waals surface area contributed by atoms with E-state index in [1.54, 1.807) is 0 Å². The molecule has 0 aliphatic heterocycles. The predicted octanol–water partition coefficient (Wildman–Crippen LogP) is 2.24. The zero-order valence-electron chi connectivity index (χ0n) is 11.5. The van der Waals surface area contributed by atoms with Crippen LogP contribution in [-0.2, 0) is 20.9 Å². The van der Waals surface area contributed by atoms with Crippen molar-refractivity contribution in [3.63, 3.8) is 0 Å². The van der Waals surface area contributed by atoms with Gasteiger partial charge in [0.15, 0.2) is 0 Å². The number of hydrogen-bond acceptors (Lipinski definition) is 3. The van der Waals surface area contributed by atoms with Crippen molar-refractivity contribution in [1.82, 2.24) is 0 Å². The third-order valence-electron chi connectivity index (χ3n) is 3.57. The van der Waals surface area contributed by atoms with Gasteiger partial charge in [-0.15, -0.1) is 0 Å². The number of carboxylic acid groups (broad SMARTS) is 2. The van der Waals surface area contributed by atoms with Crippen LogP contribution in [0.5, 0.6) is 0 Å². The summed E-state index contributed by atoms with van der Waals surface area (Å²) in [6.07, 6.45) is 4.27. The second kappa shape index (κ2) is 5.93. The molecular weight excluding hydrogens is 272 g/mol. The molecule has 0 spiro atoms. The Kier molecular flexibility index (Phi) is 4.23. The largest absolute Gasteiger partial charge is 0.481 e. The second-order valence-corrected chi connectivity index (χ2v) is 4.97. The fraction of sp³-hybridized carbons (Fsp3) is 0.250. The summed E-state index contributed by atoms with van der Waals surface area (Å²) < 4.78 is 5.72. The predicted molar refractivity (Wildman–Crippen MR) is 75.6 cm³/mol. The van der Waals surface area contributed by atoms with Crippen molar-refractivity contribution in [3.8, 4) is 0 Å². The molecule has 0 saturated heterocycles. The van der Waals surface area contributed by atoms with Crippen molar-refractivity contribution in [1.29, 1.82) is 0 Å². The van der Waals surface area contributed by atoms with E-state index in [-0.39, 0.29) is 12.2 Å². The minimum Gasteiger partial charge on any atom is -0.481 e. The van der Waals surface area contributed by atoms with Gasteiger partial charge in [0.1, 0.15) is 11.5 Å². The van der Waals surface area contributed by atoms with Crippen LogP contribution in [0.3, 0.4) is 0 Å². The number of benzene rings is 1. The molecule has 2 rings (SSSR count). The van der Waals surface area contributed by atoms with Crippen molar-refractivity contribution in [2.75, 3.05) is 0 Å². The lowest BCUT2D eigenvalue weighted by atomic mass is 9.78. The lowest BCUT2D eigenvalue weighted by Crippen LogP contribution is -2.46. The highest BCUT2D eigenvalue weighted by molar-refractivity contribution is 5.92. The molecule has 1 aromatic carbocycles. The Morgan fingerprint density at radius 2 is 1.90 bits per heavy atom. The molecule has 1 aliphatic rings. The Balaban J connectivity index is 2.28. The molecule has 21 heavy (non-hydrogen) atoms.